The minimum atomic E-state index is -0.351. The van der Waals surface area contributed by atoms with Gasteiger partial charge in [-0.3, -0.25) is 14.8 Å². The van der Waals surface area contributed by atoms with Crippen LogP contribution in [-0.2, 0) is 12.8 Å². The van der Waals surface area contributed by atoms with Crippen LogP contribution in [0.25, 0.3) is 0 Å². The average molecular weight is 292 g/mol. The molecule has 0 spiro atoms. The van der Waals surface area contributed by atoms with Gasteiger partial charge in [0.25, 0.3) is 5.69 Å². The highest BCUT2D eigenvalue weighted by molar-refractivity contribution is 7.98. The largest absolute Gasteiger partial charge is 0.380 e. The van der Waals surface area contributed by atoms with Crippen molar-refractivity contribution >= 4 is 23.1 Å². The van der Waals surface area contributed by atoms with Gasteiger partial charge in [-0.25, -0.2) is 0 Å². The molecule has 20 heavy (non-hydrogen) atoms. The molecule has 0 aliphatic carbocycles. The fourth-order valence-corrected chi connectivity index (χ4v) is 2.79. The van der Waals surface area contributed by atoms with E-state index < -0.39 is 0 Å². The van der Waals surface area contributed by atoms with Crippen molar-refractivity contribution in [1.82, 2.24) is 9.78 Å². The number of nitrogens with one attached hydrogen (secondary N) is 1. The summed E-state index contributed by atoms with van der Waals surface area (Å²) < 4.78 is 1.74. The minimum absolute atomic E-state index is 0.121. The lowest BCUT2D eigenvalue weighted by atomic mass is 10.1. The molecule has 106 valence electrons. The molecule has 0 aliphatic heterocycles. The number of para-hydroxylation sites is 1. The molecule has 0 amide bonds. The maximum absolute atomic E-state index is 11.1. The Morgan fingerprint density at radius 1 is 1.50 bits per heavy atom. The van der Waals surface area contributed by atoms with E-state index >= 15 is 0 Å². The van der Waals surface area contributed by atoms with E-state index in [1.54, 1.807) is 28.7 Å². The Morgan fingerprint density at radius 3 is 2.90 bits per heavy atom. The van der Waals surface area contributed by atoms with E-state index in [1.807, 2.05) is 26.2 Å². The van der Waals surface area contributed by atoms with Gasteiger partial charge >= 0.3 is 0 Å². The SMILES string of the molecule is CCNc1c(CSc2cnn(C)c2)cccc1[N+](=O)[O-]. The van der Waals surface area contributed by atoms with Gasteiger partial charge in [-0.15, -0.1) is 11.8 Å². The summed E-state index contributed by atoms with van der Waals surface area (Å²) in [5.74, 6) is 0.662. The highest BCUT2D eigenvalue weighted by atomic mass is 32.2. The second kappa shape index (κ2) is 6.42. The molecule has 0 fully saturated rings. The Bertz CT molecular complexity index is 612. The summed E-state index contributed by atoms with van der Waals surface area (Å²) in [5.41, 5.74) is 1.66. The Kier molecular flexibility index (Phi) is 4.62. The van der Waals surface area contributed by atoms with E-state index in [1.165, 1.54) is 6.07 Å². The standard InChI is InChI=1S/C13H16N4O2S/c1-3-14-13-10(5-4-6-12(13)17(18)19)9-20-11-7-15-16(2)8-11/h4-8,14H,3,9H2,1-2H3. The fraction of sp³-hybridized carbons (Fsp3) is 0.308. The van der Waals surface area contributed by atoms with Gasteiger partial charge in [-0.1, -0.05) is 12.1 Å². The number of thioether (sulfide) groups is 1. The van der Waals surface area contributed by atoms with Crippen molar-refractivity contribution < 1.29 is 4.92 Å². The van der Waals surface area contributed by atoms with Crippen molar-refractivity contribution in [3.63, 3.8) is 0 Å². The molecule has 0 aliphatic rings. The predicted molar refractivity (Wildman–Crippen MR) is 80.0 cm³/mol. The van der Waals surface area contributed by atoms with Crippen molar-refractivity contribution in [2.45, 2.75) is 17.6 Å². The van der Waals surface area contributed by atoms with Gasteiger partial charge < -0.3 is 5.32 Å². The normalized spacial score (nSPS) is 10.5. The quantitative estimate of drug-likeness (QED) is 0.503. The summed E-state index contributed by atoms with van der Waals surface area (Å²) >= 11 is 1.61. The summed E-state index contributed by atoms with van der Waals surface area (Å²) in [6, 6.07) is 5.16. The Balaban J connectivity index is 2.21. The lowest BCUT2D eigenvalue weighted by molar-refractivity contribution is -0.384. The zero-order valence-corrected chi connectivity index (χ0v) is 12.2. The number of nitro benzene ring substituents is 1. The molecule has 1 aromatic heterocycles. The molecule has 2 rings (SSSR count). The lowest BCUT2D eigenvalue weighted by Crippen LogP contribution is -2.04. The third-order valence-corrected chi connectivity index (χ3v) is 3.75. The van der Waals surface area contributed by atoms with Crippen LogP contribution in [0.2, 0.25) is 0 Å². The number of nitrogens with zero attached hydrogens (tertiary/aromatic N) is 3. The molecule has 2 aromatic rings. The zero-order chi connectivity index (χ0) is 14.5. The van der Waals surface area contributed by atoms with Crippen LogP contribution in [0.15, 0.2) is 35.5 Å². The first-order chi connectivity index (χ1) is 9.61. The van der Waals surface area contributed by atoms with Crippen molar-refractivity contribution in [3.8, 4) is 0 Å². The van der Waals surface area contributed by atoms with Gasteiger partial charge in [0.1, 0.15) is 5.69 Å². The molecular weight excluding hydrogens is 276 g/mol. The van der Waals surface area contributed by atoms with Gasteiger partial charge in [-0.05, 0) is 12.5 Å². The highest BCUT2D eigenvalue weighted by Gasteiger charge is 2.16. The van der Waals surface area contributed by atoms with Crippen molar-refractivity contribution in [2.24, 2.45) is 7.05 Å². The number of aryl methyl sites for hydroxylation is 1. The average Bonchev–Trinajstić information content (AvgIpc) is 2.83. The molecule has 0 bridgehead atoms. The van der Waals surface area contributed by atoms with Crippen molar-refractivity contribution in [1.29, 1.82) is 0 Å². The summed E-state index contributed by atoms with van der Waals surface area (Å²) in [5, 5.41) is 18.3. The molecule has 1 N–H and O–H groups in total. The molecule has 7 heteroatoms. The van der Waals surface area contributed by atoms with E-state index in [-0.39, 0.29) is 10.6 Å². The molecule has 0 atom stereocenters. The number of benzene rings is 1. The van der Waals surface area contributed by atoms with Crippen LogP contribution in [0, 0.1) is 10.1 Å². The van der Waals surface area contributed by atoms with Gasteiger partial charge in [0.2, 0.25) is 0 Å². The molecule has 0 saturated heterocycles. The van der Waals surface area contributed by atoms with E-state index in [4.69, 9.17) is 0 Å². The topological polar surface area (TPSA) is 73.0 Å². The monoisotopic (exact) mass is 292 g/mol. The third-order valence-electron chi connectivity index (χ3n) is 2.75. The predicted octanol–water partition coefficient (Wildman–Crippen LogP) is 3.05. The Labute approximate surface area is 121 Å². The van der Waals surface area contributed by atoms with Crippen LogP contribution in [0.5, 0.6) is 0 Å². The number of rotatable bonds is 6. The van der Waals surface area contributed by atoms with Gasteiger partial charge in [-0.2, -0.15) is 5.10 Å². The van der Waals surface area contributed by atoms with Crippen LogP contribution in [0.1, 0.15) is 12.5 Å². The zero-order valence-electron chi connectivity index (χ0n) is 11.4. The second-order valence-electron chi connectivity index (χ2n) is 4.24. The van der Waals surface area contributed by atoms with E-state index in [9.17, 15) is 10.1 Å². The first kappa shape index (κ1) is 14.4. The van der Waals surface area contributed by atoms with Gasteiger partial charge in [0.15, 0.2) is 0 Å². The summed E-state index contributed by atoms with van der Waals surface area (Å²) in [4.78, 5) is 11.8. The highest BCUT2D eigenvalue weighted by Crippen LogP contribution is 2.32. The van der Waals surface area contributed by atoms with Gasteiger partial charge in [0.05, 0.1) is 11.1 Å². The molecule has 1 heterocycles. The molecule has 0 unspecified atom stereocenters. The van der Waals surface area contributed by atoms with Crippen LogP contribution >= 0.6 is 11.8 Å². The van der Waals surface area contributed by atoms with Crippen LogP contribution in [-0.4, -0.2) is 21.2 Å². The van der Waals surface area contributed by atoms with Crippen molar-refractivity contribution in [2.75, 3.05) is 11.9 Å². The molecule has 6 nitrogen and oxygen atoms in total. The lowest BCUT2D eigenvalue weighted by Gasteiger charge is -2.10. The molecule has 0 radical (unpaired) electrons. The Hall–Kier alpha value is -2.02. The van der Waals surface area contributed by atoms with Gasteiger partial charge in [0, 0.05) is 36.5 Å². The van der Waals surface area contributed by atoms with Crippen LogP contribution in [0.4, 0.5) is 11.4 Å². The minimum Gasteiger partial charge on any atom is -0.380 e. The smallest absolute Gasteiger partial charge is 0.292 e. The maximum atomic E-state index is 11.1. The first-order valence-electron chi connectivity index (χ1n) is 6.23. The molecular formula is C13H16N4O2S. The summed E-state index contributed by atoms with van der Waals surface area (Å²) in [7, 11) is 1.86. The third kappa shape index (κ3) is 3.30. The van der Waals surface area contributed by atoms with E-state index in [0.29, 0.717) is 18.0 Å². The fourth-order valence-electron chi connectivity index (χ4n) is 1.87. The number of anilines is 1. The number of nitro groups is 1. The first-order valence-corrected chi connectivity index (χ1v) is 7.22. The van der Waals surface area contributed by atoms with Crippen molar-refractivity contribution in [3.05, 3.63) is 46.3 Å². The maximum Gasteiger partial charge on any atom is 0.292 e. The second-order valence-corrected chi connectivity index (χ2v) is 5.29. The van der Waals surface area contributed by atoms with Crippen LogP contribution in [0.3, 0.4) is 0 Å². The van der Waals surface area contributed by atoms with E-state index in [2.05, 4.69) is 10.4 Å². The van der Waals surface area contributed by atoms with E-state index in [0.717, 1.165) is 10.5 Å². The number of hydrogen-bond donors (Lipinski definition) is 1. The summed E-state index contributed by atoms with van der Waals surface area (Å²) in [6.45, 7) is 2.57. The summed E-state index contributed by atoms with van der Waals surface area (Å²) in [6.07, 6.45) is 3.71. The van der Waals surface area contributed by atoms with Crippen LogP contribution < -0.4 is 5.32 Å². The molecule has 1 aromatic carbocycles. The number of aromatic nitrogens is 2. The Morgan fingerprint density at radius 2 is 2.30 bits per heavy atom. The number of hydrogen-bond acceptors (Lipinski definition) is 5. The molecule has 0 saturated carbocycles.